The Kier molecular flexibility index (Phi) is 2.22. The third kappa shape index (κ3) is 1.71. The van der Waals surface area contributed by atoms with Gasteiger partial charge in [0.05, 0.1) is 0 Å². The Hall–Kier alpha value is -0.300. The van der Waals surface area contributed by atoms with E-state index in [9.17, 15) is 0 Å². The number of likely N-dealkylation sites (tertiary alicyclic amines) is 1. The first-order valence-electron chi connectivity index (χ1n) is 5.18. The number of hydrogen-bond donors (Lipinski definition) is 0. The second-order valence-corrected chi connectivity index (χ2v) is 4.37. The van der Waals surface area contributed by atoms with Gasteiger partial charge in [-0.05, 0) is 51.1 Å². The van der Waals surface area contributed by atoms with Crippen LogP contribution in [0.2, 0.25) is 0 Å². The first-order chi connectivity index (χ1) is 5.85. The van der Waals surface area contributed by atoms with Gasteiger partial charge in [-0.1, -0.05) is 12.2 Å². The zero-order chi connectivity index (χ0) is 8.44. The van der Waals surface area contributed by atoms with Crippen LogP contribution in [0.5, 0.6) is 0 Å². The largest absolute Gasteiger partial charge is 0.300 e. The molecule has 1 saturated heterocycles. The molecule has 0 amide bonds. The zero-order valence-corrected chi connectivity index (χ0v) is 8.05. The van der Waals surface area contributed by atoms with Crippen molar-refractivity contribution in [3.63, 3.8) is 0 Å². The van der Waals surface area contributed by atoms with Crippen molar-refractivity contribution in [2.45, 2.75) is 32.6 Å². The van der Waals surface area contributed by atoms with Gasteiger partial charge in [0, 0.05) is 6.54 Å². The van der Waals surface area contributed by atoms with Crippen LogP contribution in [0, 0.1) is 5.41 Å². The molecule has 0 radical (unpaired) electrons. The fourth-order valence-corrected chi connectivity index (χ4v) is 2.14. The van der Waals surface area contributed by atoms with E-state index in [-0.39, 0.29) is 0 Å². The fourth-order valence-electron chi connectivity index (χ4n) is 2.14. The lowest BCUT2D eigenvalue weighted by molar-refractivity contribution is 0.188. The Morgan fingerprint density at radius 2 is 1.83 bits per heavy atom. The molecule has 0 unspecified atom stereocenters. The maximum absolute atomic E-state index is 2.57. The highest BCUT2D eigenvalue weighted by molar-refractivity contribution is 4.97. The smallest absolute Gasteiger partial charge is 0.0163 e. The molecule has 1 heteroatoms. The summed E-state index contributed by atoms with van der Waals surface area (Å²) in [6, 6.07) is 0. The minimum absolute atomic E-state index is 0.840. The van der Waals surface area contributed by atoms with Crippen LogP contribution < -0.4 is 0 Å². The van der Waals surface area contributed by atoms with Gasteiger partial charge in [-0.2, -0.15) is 0 Å². The van der Waals surface area contributed by atoms with Crippen LogP contribution in [0.25, 0.3) is 0 Å². The quantitative estimate of drug-likeness (QED) is 0.568. The summed E-state index contributed by atoms with van der Waals surface area (Å²) in [5.74, 6) is 0. The van der Waals surface area contributed by atoms with Crippen molar-refractivity contribution in [1.29, 1.82) is 0 Å². The molecule has 2 rings (SSSR count). The van der Waals surface area contributed by atoms with Gasteiger partial charge in [-0.25, -0.2) is 0 Å². The first-order valence-corrected chi connectivity index (χ1v) is 5.18. The summed E-state index contributed by atoms with van der Waals surface area (Å²) in [4.78, 5) is 2.57. The van der Waals surface area contributed by atoms with Crippen molar-refractivity contribution >= 4 is 0 Å². The van der Waals surface area contributed by atoms with Crippen LogP contribution in [0.4, 0.5) is 0 Å². The van der Waals surface area contributed by atoms with E-state index in [0.29, 0.717) is 0 Å². The minimum Gasteiger partial charge on any atom is -0.300 e. The highest BCUT2D eigenvalue weighted by Gasteiger charge is 2.43. The van der Waals surface area contributed by atoms with Crippen molar-refractivity contribution < 1.29 is 0 Å². The summed E-state index contributed by atoms with van der Waals surface area (Å²) >= 11 is 0. The van der Waals surface area contributed by atoms with Gasteiger partial charge in [0.1, 0.15) is 0 Å². The molecule has 1 aliphatic heterocycles. The molecule has 2 aliphatic rings. The van der Waals surface area contributed by atoms with E-state index in [1.165, 1.54) is 45.3 Å². The predicted octanol–water partition coefficient (Wildman–Crippen LogP) is 2.44. The molecule has 2 fully saturated rings. The molecule has 68 valence electrons. The van der Waals surface area contributed by atoms with Crippen molar-refractivity contribution in [3.8, 4) is 0 Å². The van der Waals surface area contributed by atoms with Gasteiger partial charge in [-0.15, -0.1) is 0 Å². The molecular weight excluding hydrogens is 146 g/mol. The van der Waals surface area contributed by atoms with E-state index < -0.39 is 0 Å². The summed E-state index contributed by atoms with van der Waals surface area (Å²) in [6.45, 7) is 5.95. The van der Waals surface area contributed by atoms with E-state index in [4.69, 9.17) is 0 Å². The Labute approximate surface area is 75.4 Å². The molecule has 0 aromatic carbocycles. The average Bonchev–Trinajstić information content (AvgIpc) is 2.85. The van der Waals surface area contributed by atoms with Gasteiger partial charge in [-0.3, -0.25) is 4.90 Å². The molecule has 1 nitrogen and oxygen atoms in total. The van der Waals surface area contributed by atoms with Crippen LogP contribution in [-0.2, 0) is 0 Å². The zero-order valence-electron chi connectivity index (χ0n) is 8.05. The van der Waals surface area contributed by atoms with E-state index in [2.05, 4.69) is 24.0 Å². The van der Waals surface area contributed by atoms with Crippen LogP contribution in [0.1, 0.15) is 32.6 Å². The number of rotatable bonds is 2. The molecular formula is C11H19N. The third-order valence-electron chi connectivity index (χ3n) is 3.47. The second kappa shape index (κ2) is 3.21. The molecule has 0 aromatic rings. The maximum Gasteiger partial charge on any atom is 0.0163 e. The molecule has 0 bridgehead atoms. The number of piperidine rings is 1. The standard InChI is InChI=1S/C11H19N/c1-2-3-8-12-9-6-11(4-5-11)7-10-12/h2-3H,4-10H2,1H3/b3-2+. The van der Waals surface area contributed by atoms with E-state index in [1.807, 2.05) is 0 Å². The Morgan fingerprint density at radius 3 is 2.33 bits per heavy atom. The summed E-state index contributed by atoms with van der Waals surface area (Å²) in [7, 11) is 0. The molecule has 0 atom stereocenters. The lowest BCUT2D eigenvalue weighted by atomic mass is 9.94. The SMILES string of the molecule is C/C=C/CN1CCC2(CC1)CC2. The monoisotopic (exact) mass is 165 g/mol. The Balaban J connectivity index is 1.74. The summed E-state index contributed by atoms with van der Waals surface area (Å²) < 4.78 is 0. The average molecular weight is 165 g/mol. The lowest BCUT2D eigenvalue weighted by Gasteiger charge is -2.31. The normalized spacial score (nSPS) is 28.4. The molecule has 1 heterocycles. The van der Waals surface area contributed by atoms with Crippen molar-refractivity contribution in [1.82, 2.24) is 4.90 Å². The third-order valence-corrected chi connectivity index (χ3v) is 3.47. The van der Waals surface area contributed by atoms with Gasteiger partial charge in [0.15, 0.2) is 0 Å². The maximum atomic E-state index is 2.57. The van der Waals surface area contributed by atoms with Crippen LogP contribution in [0.3, 0.4) is 0 Å². The Morgan fingerprint density at radius 1 is 1.17 bits per heavy atom. The summed E-state index contributed by atoms with van der Waals surface area (Å²) in [5.41, 5.74) is 0.840. The molecule has 1 spiro atoms. The topological polar surface area (TPSA) is 3.24 Å². The number of allylic oxidation sites excluding steroid dienone is 1. The van der Waals surface area contributed by atoms with Crippen molar-refractivity contribution in [3.05, 3.63) is 12.2 Å². The van der Waals surface area contributed by atoms with Crippen LogP contribution in [-0.4, -0.2) is 24.5 Å². The summed E-state index contributed by atoms with van der Waals surface area (Å²) in [5, 5.41) is 0. The van der Waals surface area contributed by atoms with Gasteiger partial charge in [0.25, 0.3) is 0 Å². The highest BCUT2D eigenvalue weighted by atomic mass is 15.1. The number of hydrogen-bond acceptors (Lipinski definition) is 1. The highest BCUT2D eigenvalue weighted by Crippen LogP contribution is 2.53. The lowest BCUT2D eigenvalue weighted by Crippen LogP contribution is -2.34. The minimum atomic E-state index is 0.840. The molecule has 0 aromatic heterocycles. The molecule has 1 aliphatic carbocycles. The molecule has 12 heavy (non-hydrogen) atoms. The molecule has 1 saturated carbocycles. The first kappa shape index (κ1) is 8.31. The predicted molar refractivity (Wildman–Crippen MR) is 52.2 cm³/mol. The Bertz CT molecular complexity index is 169. The van der Waals surface area contributed by atoms with E-state index >= 15 is 0 Å². The van der Waals surface area contributed by atoms with Gasteiger partial charge in [0.2, 0.25) is 0 Å². The van der Waals surface area contributed by atoms with Crippen molar-refractivity contribution in [2.75, 3.05) is 19.6 Å². The van der Waals surface area contributed by atoms with E-state index in [0.717, 1.165) is 5.41 Å². The fraction of sp³-hybridized carbons (Fsp3) is 0.818. The molecule has 0 N–H and O–H groups in total. The van der Waals surface area contributed by atoms with Crippen molar-refractivity contribution in [2.24, 2.45) is 5.41 Å². The van der Waals surface area contributed by atoms with Crippen LogP contribution in [0.15, 0.2) is 12.2 Å². The van der Waals surface area contributed by atoms with Gasteiger partial charge < -0.3 is 0 Å². The number of nitrogens with zero attached hydrogens (tertiary/aromatic N) is 1. The van der Waals surface area contributed by atoms with Crippen LogP contribution >= 0.6 is 0 Å². The second-order valence-electron chi connectivity index (χ2n) is 4.37. The van der Waals surface area contributed by atoms with Gasteiger partial charge >= 0.3 is 0 Å². The summed E-state index contributed by atoms with van der Waals surface area (Å²) in [6.07, 6.45) is 10.4. The van der Waals surface area contributed by atoms with E-state index in [1.54, 1.807) is 0 Å².